The highest BCUT2D eigenvalue weighted by atomic mass is 16.5. The number of amides is 2. The third-order valence-corrected chi connectivity index (χ3v) is 3.44. The number of aryl methyl sites for hydroxylation is 1. The van der Waals surface area contributed by atoms with E-state index in [0.717, 1.165) is 5.56 Å². The van der Waals surface area contributed by atoms with Gasteiger partial charge in [-0.1, -0.05) is 6.07 Å². The van der Waals surface area contributed by atoms with Gasteiger partial charge in [0, 0.05) is 6.07 Å². The fourth-order valence-corrected chi connectivity index (χ4v) is 2.20. The molecule has 3 N–H and O–H groups in total. The molecule has 2 amide bonds. The van der Waals surface area contributed by atoms with Crippen LogP contribution in [0.5, 0.6) is 17.2 Å². The summed E-state index contributed by atoms with van der Waals surface area (Å²) in [6, 6.07) is 10.00. The number of anilines is 1. The molecule has 2 aromatic carbocycles. The minimum atomic E-state index is -0.654. The van der Waals surface area contributed by atoms with Gasteiger partial charge in [-0.25, -0.2) is 0 Å². The molecule has 0 bridgehead atoms. The van der Waals surface area contributed by atoms with E-state index >= 15 is 0 Å². The lowest BCUT2D eigenvalue weighted by Crippen LogP contribution is -2.22. The maximum absolute atomic E-state index is 12.2. The molecular formula is C18H20N2O5. The molecular weight excluding hydrogens is 324 g/mol. The standard InChI is InChI=1S/C18H20N2O5/c1-11-4-7-15(24-3)14(8-11)20-17(21)10-25-16-9-12(23-2)5-6-13(16)18(19)22/h4-9H,10H2,1-3H3,(H2,19,22)(H,20,21). The van der Waals surface area contributed by atoms with Gasteiger partial charge in [0.05, 0.1) is 25.5 Å². The van der Waals surface area contributed by atoms with Crippen LogP contribution < -0.4 is 25.3 Å². The van der Waals surface area contributed by atoms with Gasteiger partial charge in [0.1, 0.15) is 17.2 Å². The maximum atomic E-state index is 12.2. The first kappa shape index (κ1) is 18.1. The molecule has 0 saturated carbocycles. The van der Waals surface area contributed by atoms with E-state index in [4.69, 9.17) is 19.9 Å². The predicted octanol–water partition coefficient (Wildman–Crippen LogP) is 2.13. The van der Waals surface area contributed by atoms with Crippen molar-refractivity contribution in [2.24, 2.45) is 5.73 Å². The van der Waals surface area contributed by atoms with Crippen molar-refractivity contribution in [3.05, 3.63) is 47.5 Å². The predicted molar refractivity (Wildman–Crippen MR) is 93.4 cm³/mol. The molecule has 7 heteroatoms. The molecule has 0 atom stereocenters. The SMILES string of the molecule is COc1ccc(C(N)=O)c(OCC(=O)Nc2cc(C)ccc2OC)c1. The van der Waals surface area contributed by atoms with Gasteiger partial charge in [0.15, 0.2) is 6.61 Å². The highest BCUT2D eigenvalue weighted by Crippen LogP contribution is 2.26. The Morgan fingerprint density at radius 2 is 1.80 bits per heavy atom. The van der Waals surface area contributed by atoms with Crippen LogP contribution in [0.15, 0.2) is 36.4 Å². The summed E-state index contributed by atoms with van der Waals surface area (Å²) in [5, 5.41) is 2.71. The molecule has 2 aromatic rings. The van der Waals surface area contributed by atoms with E-state index in [1.54, 1.807) is 18.2 Å². The van der Waals surface area contributed by atoms with Crippen molar-refractivity contribution in [1.29, 1.82) is 0 Å². The van der Waals surface area contributed by atoms with Crippen molar-refractivity contribution < 1.29 is 23.8 Å². The summed E-state index contributed by atoms with van der Waals surface area (Å²) in [5.74, 6) is 0.151. The fourth-order valence-electron chi connectivity index (χ4n) is 2.20. The van der Waals surface area contributed by atoms with Crippen molar-refractivity contribution in [3.8, 4) is 17.2 Å². The summed E-state index contributed by atoms with van der Waals surface area (Å²) in [6.45, 7) is 1.60. The van der Waals surface area contributed by atoms with E-state index in [1.807, 2.05) is 13.0 Å². The monoisotopic (exact) mass is 344 g/mol. The van der Waals surface area contributed by atoms with Crippen LogP contribution in [-0.2, 0) is 4.79 Å². The van der Waals surface area contributed by atoms with Gasteiger partial charge >= 0.3 is 0 Å². The molecule has 0 aliphatic heterocycles. The van der Waals surface area contributed by atoms with Gasteiger partial charge in [0.25, 0.3) is 11.8 Å². The molecule has 132 valence electrons. The second-order valence-corrected chi connectivity index (χ2v) is 5.27. The maximum Gasteiger partial charge on any atom is 0.262 e. The molecule has 2 rings (SSSR count). The largest absolute Gasteiger partial charge is 0.497 e. The van der Waals surface area contributed by atoms with E-state index < -0.39 is 11.8 Å². The van der Waals surface area contributed by atoms with Gasteiger partial charge < -0.3 is 25.3 Å². The second kappa shape index (κ2) is 8.05. The average Bonchev–Trinajstić information content (AvgIpc) is 2.59. The van der Waals surface area contributed by atoms with E-state index in [0.29, 0.717) is 17.2 Å². The van der Waals surface area contributed by atoms with Crippen molar-refractivity contribution in [1.82, 2.24) is 0 Å². The van der Waals surface area contributed by atoms with Crippen LogP contribution in [0.3, 0.4) is 0 Å². The van der Waals surface area contributed by atoms with Crippen LogP contribution >= 0.6 is 0 Å². The van der Waals surface area contributed by atoms with Crippen LogP contribution in [0.1, 0.15) is 15.9 Å². The number of methoxy groups -OCH3 is 2. The molecule has 0 aromatic heterocycles. The number of primary amides is 1. The van der Waals surface area contributed by atoms with Crippen molar-refractivity contribution >= 4 is 17.5 Å². The first-order valence-electron chi connectivity index (χ1n) is 7.49. The lowest BCUT2D eigenvalue weighted by Gasteiger charge is -2.13. The number of hydrogen-bond donors (Lipinski definition) is 2. The molecule has 25 heavy (non-hydrogen) atoms. The lowest BCUT2D eigenvalue weighted by atomic mass is 10.2. The number of carbonyl (C=O) groups is 2. The van der Waals surface area contributed by atoms with E-state index in [9.17, 15) is 9.59 Å². The Hall–Kier alpha value is -3.22. The summed E-state index contributed by atoms with van der Waals surface area (Å²) in [5.41, 5.74) is 6.99. The van der Waals surface area contributed by atoms with Gasteiger partial charge in [0.2, 0.25) is 0 Å². The molecule has 7 nitrogen and oxygen atoms in total. The van der Waals surface area contributed by atoms with Gasteiger partial charge in [-0.15, -0.1) is 0 Å². The number of carbonyl (C=O) groups excluding carboxylic acids is 2. The summed E-state index contributed by atoms with van der Waals surface area (Å²) in [6.07, 6.45) is 0. The zero-order valence-corrected chi connectivity index (χ0v) is 14.3. The second-order valence-electron chi connectivity index (χ2n) is 5.27. The average molecular weight is 344 g/mol. The minimum absolute atomic E-state index is 0.168. The fraction of sp³-hybridized carbons (Fsp3) is 0.222. The van der Waals surface area contributed by atoms with Crippen LogP contribution in [0.2, 0.25) is 0 Å². The molecule has 0 fully saturated rings. The normalized spacial score (nSPS) is 10.0. The van der Waals surface area contributed by atoms with Crippen molar-refractivity contribution in [2.75, 3.05) is 26.1 Å². The van der Waals surface area contributed by atoms with Gasteiger partial charge in [-0.05, 0) is 36.8 Å². The number of nitrogens with two attached hydrogens (primary N) is 1. The Bertz CT molecular complexity index is 789. The summed E-state index contributed by atoms with van der Waals surface area (Å²) in [7, 11) is 3.01. The van der Waals surface area contributed by atoms with Gasteiger partial charge in [-0.2, -0.15) is 0 Å². The Labute approximate surface area is 145 Å². The van der Waals surface area contributed by atoms with Crippen molar-refractivity contribution in [2.45, 2.75) is 6.92 Å². The first-order valence-corrected chi connectivity index (χ1v) is 7.49. The van der Waals surface area contributed by atoms with Crippen LogP contribution in [0, 0.1) is 6.92 Å². The molecule has 0 saturated heterocycles. The Morgan fingerprint density at radius 3 is 2.44 bits per heavy atom. The smallest absolute Gasteiger partial charge is 0.262 e. The first-order chi connectivity index (χ1) is 11.9. The zero-order chi connectivity index (χ0) is 18.4. The lowest BCUT2D eigenvalue weighted by molar-refractivity contribution is -0.118. The van der Waals surface area contributed by atoms with Crippen LogP contribution in [0.4, 0.5) is 5.69 Å². The molecule has 0 aliphatic carbocycles. The molecule has 0 radical (unpaired) electrons. The summed E-state index contributed by atoms with van der Waals surface area (Å²) < 4.78 is 15.7. The Balaban J connectivity index is 2.10. The molecule has 0 unspecified atom stereocenters. The number of rotatable bonds is 7. The minimum Gasteiger partial charge on any atom is -0.497 e. The number of nitrogens with one attached hydrogen (secondary N) is 1. The van der Waals surface area contributed by atoms with E-state index in [2.05, 4.69) is 5.32 Å². The third-order valence-electron chi connectivity index (χ3n) is 3.44. The number of hydrogen-bond acceptors (Lipinski definition) is 5. The highest BCUT2D eigenvalue weighted by Gasteiger charge is 2.14. The summed E-state index contributed by atoms with van der Waals surface area (Å²) >= 11 is 0. The quantitative estimate of drug-likeness (QED) is 0.801. The topological polar surface area (TPSA) is 99.9 Å². The Morgan fingerprint density at radius 1 is 1.04 bits per heavy atom. The highest BCUT2D eigenvalue weighted by molar-refractivity contribution is 5.96. The van der Waals surface area contributed by atoms with E-state index in [1.165, 1.54) is 26.4 Å². The molecule has 0 spiro atoms. The molecule has 0 aliphatic rings. The van der Waals surface area contributed by atoms with Gasteiger partial charge in [-0.3, -0.25) is 9.59 Å². The zero-order valence-electron chi connectivity index (χ0n) is 14.3. The number of benzene rings is 2. The third kappa shape index (κ3) is 4.63. The van der Waals surface area contributed by atoms with Crippen molar-refractivity contribution in [3.63, 3.8) is 0 Å². The Kier molecular flexibility index (Phi) is 5.84. The van der Waals surface area contributed by atoms with Crippen LogP contribution in [-0.4, -0.2) is 32.6 Å². The summed E-state index contributed by atoms with van der Waals surface area (Å²) in [4.78, 5) is 23.6. The van der Waals surface area contributed by atoms with Crippen LogP contribution in [0.25, 0.3) is 0 Å². The van der Waals surface area contributed by atoms with E-state index in [-0.39, 0.29) is 17.9 Å². The number of ether oxygens (including phenoxy) is 3. The molecule has 0 heterocycles.